The smallest absolute Gasteiger partial charge is 0.227 e. The van der Waals surface area contributed by atoms with Crippen LogP contribution >= 0.6 is 0 Å². The van der Waals surface area contributed by atoms with Crippen LogP contribution in [0.3, 0.4) is 0 Å². The van der Waals surface area contributed by atoms with Gasteiger partial charge in [-0.05, 0) is 25.0 Å². The third-order valence-corrected chi connectivity index (χ3v) is 3.58. The molecule has 0 spiro atoms. The molecule has 6 heteroatoms. The van der Waals surface area contributed by atoms with E-state index in [2.05, 4.69) is 0 Å². The molecule has 1 unspecified atom stereocenters. The number of carbonyl (C=O) groups is 3. The molecule has 0 aromatic heterocycles. The van der Waals surface area contributed by atoms with Gasteiger partial charge in [-0.25, -0.2) is 8.78 Å². The van der Waals surface area contributed by atoms with E-state index in [4.69, 9.17) is 0 Å². The summed E-state index contributed by atoms with van der Waals surface area (Å²) in [6.45, 7) is 0.430. The number of benzene rings is 1. The maximum atomic E-state index is 14.1. The van der Waals surface area contributed by atoms with Gasteiger partial charge in [0.05, 0.1) is 0 Å². The van der Waals surface area contributed by atoms with Gasteiger partial charge in [0, 0.05) is 36.6 Å². The van der Waals surface area contributed by atoms with Gasteiger partial charge in [0.2, 0.25) is 5.91 Å². The fourth-order valence-corrected chi connectivity index (χ4v) is 2.53. The van der Waals surface area contributed by atoms with E-state index >= 15 is 0 Å². The highest BCUT2D eigenvalue weighted by Gasteiger charge is 2.26. The van der Waals surface area contributed by atoms with E-state index in [1.54, 1.807) is 0 Å². The minimum Gasteiger partial charge on any atom is -0.312 e. The molecule has 0 saturated carbocycles. The number of rotatable bonds is 6. The number of aldehydes is 2. The predicted molar refractivity (Wildman–Crippen MR) is 72.0 cm³/mol. The Balaban J connectivity index is 2.34. The standard InChI is InChI=1S/C15H15F2NO3/c16-12-7-11(18-5-1-4-14(18)21)8-13(17)15(12)10(9-20)3-2-6-19/h6-10H,1-5H2. The summed E-state index contributed by atoms with van der Waals surface area (Å²) in [5.74, 6) is -2.91. The maximum absolute atomic E-state index is 14.1. The summed E-state index contributed by atoms with van der Waals surface area (Å²) in [6.07, 6.45) is 2.16. The SMILES string of the molecule is O=CCCC(C=O)c1c(F)cc(N2CCCC2=O)cc1F. The van der Waals surface area contributed by atoms with Crippen molar-refractivity contribution in [2.24, 2.45) is 0 Å². The number of nitrogens with zero attached hydrogens (tertiary/aromatic N) is 1. The second-order valence-corrected chi connectivity index (χ2v) is 4.96. The van der Waals surface area contributed by atoms with Gasteiger partial charge in [0.25, 0.3) is 0 Å². The van der Waals surface area contributed by atoms with Crippen molar-refractivity contribution in [1.29, 1.82) is 0 Å². The summed E-state index contributed by atoms with van der Waals surface area (Å²) in [5.41, 5.74) is -0.182. The average molecular weight is 295 g/mol. The molecule has 4 nitrogen and oxygen atoms in total. The van der Waals surface area contributed by atoms with Crippen molar-refractivity contribution in [3.63, 3.8) is 0 Å². The third-order valence-electron chi connectivity index (χ3n) is 3.58. The Morgan fingerprint density at radius 3 is 2.38 bits per heavy atom. The van der Waals surface area contributed by atoms with Gasteiger partial charge in [-0.3, -0.25) is 4.79 Å². The van der Waals surface area contributed by atoms with Gasteiger partial charge in [-0.2, -0.15) is 0 Å². The Hall–Kier alpha value is -2.11. The van der Waals surface area contributed by atoms with E-state index in [9.17, 15) is 23.2 Å². The molecule has 112 valence electrons. The Morgan fingerprint density at radius 1 is 1.24 bits per heavy atom. The van der Waals surface area contributed by atoms with E-state index in [1.165, 1.54) is 4.90 Å². The van der Waals surface area contributed by atoms with Gasteiger partial charge < -0.3 is 14.5 Å². The van der Waals surface area contributed by atoms with Crippen molar-refractivity contribution in [2.45, 2.75) is 31.6 Å². The molecule has 1 atom stereocenters. The van der Waals surface area contributed by atoms with Gasteiger partial charge in [0.1, 0.15) is 24.2 Å². The van der Waals surface area contributed by atoms with Crippen LogP contribution in [0.4, 0.5) is 14.5 Å². The number of carbonyl (C=O) groups excluding carboxylic acids is 3. The van der Waals surface area contributed by atoms with Gasteiger partial charge in [-0.15, -0.1) is 0 Å². The van der Waals surface area contributed by atoms with Crippen LogP contribution in [0.1, 0.15) is 37.2 Å². The second-order valence-electron chi connectivity index (χ2n) is 4.96. The fraction of sp³-hybridized carbons (Fsp3) is 0.400. The molecule has 2 rings (SSSR count). The lowest BCUT2D eigenvalue weighted by Gasteiger charge is -2.18. The van der Waals surface area contributed by atoms with Crippen molar-refractivity contribution in [3.8, 4) is 0 Å². The minimum absolute atomic E-state index is 0.0502. The first-order chi connectivity index (χ1) is 10.1. The van der Waals surface area contributed by atoms with Crippen LogP contribution in [0.5, 0.6) is 0 Å². The van der Waals surface area contributed by atoms with E-state index in [0.29, 0.717) is 32.0 Å². The van der Waals surface area contributed by atoms with Crippen LogP contribution in [0.2, 0.25) is 0 Å². The van der Waals surface area contributed by atoms with Crippen LogP contribution in [-0.4, -0.2) is 25.0 Å². The molecule has 1 aliphatic rings. The fourth-order valence-electron chi connectivity index (χ4n) is 2.53. The lowest BCUT2D eigenvalue weighted by Crippen LogP contribution is -2.24. The molecule has 1 saturated heterocycles. The molecule has 1 amide bonds. The maximum Gasteiger partial charge on any atom is 0.227 e. The molecular weight excluding hydrogens is 280 g/mol. The Labute approximate surface area is 120 Å². The lowest BCUT2D eigenvalue weighted by atomic mass is 9.94. The topological polar surface area (TPSA) is 54.5 Å². The number of hydrogen-bond acceptors (Lipinski definition) is 3. The first-order valence-corrected chi connectivity index (χ1v) is 6.76. The summed E-state index contributed by atoms with van der Waals surface area (Å²) in [5, 5.41) is 0. The van der Waals surface area contributed by atoms with Crippen LogP contribution < -0.4 is 4.90 Å². The van der Waals surface area contributed by atoms with Crippen molar-refractivity contribution in [1.82, 2.24) is 0 Å². The normalized spacial score (nSPS) is 16.1. The highest BCUT2D eigenvalue weighted by molar-refractivity contribution is 5.95. The third kappa shape index (κ3) is 3.15. The molecule has 1 aromatic rings. The average Bonchev–Trinajstić information content (AvgIpc) is 2.87. The molecule has 1 aliphatic heterocycles. The van der Waals surface area contributed by atoms with Crippen LogP contribution in [0, 0.1) is 11.6 Å². The van der Waals surface area contributed by atoms with Crippen molar-refractivity contribution in [2.75, 3.05) is 11.4 Å². The van der Waals surface area contributed by atoms with E-state index in [-0.39, 0.29) is 30.0 Å². The highest BCUT2D eigenvalue weighted by atomic mass is 19.1. The van der Waals surface area contributed by atoms with Crippen molar-refractivity contribution < 1.29 is 23.2 Å². The number of halogens is 2. The second kappa shape index (κ2) is 6.56. The van der Waals surface area contributed by atoms with Crippen LogP contribution in [0.15, 0.2) is 12.1 Å². The Morgan fingerprint density at radius 2 is 1.90 bits per heavy atom. The van der Waals surface area contributed by atoms with Crippen LogP contribution in [-0.2, 0) is 14.4 Å². The van der Waals surface area contributed by atoms with Gasteiger partial charge in [0.15, 0.2) is 0 Å². The molecule has 1 fully saturated rings. The van der Waals surface area contributed by atoms with Gasteiger partial charge in [-0.1, -0.05) is 0 Å². The minimum atomic E-state index is -1.00. The first-order valence-electron chi connectivity index (χ1n) is 6.76. The van der Waals surface area contributed by atoms with Crippen LogP contribution in [0.25, 0.3) is 0 Å². The molecule has 1 heterocycles. The number of anilines is 1. The van der Waals surface area contributed by atoms with E-state index in [1.807, 2.05) is 0 Å². The predicted octanol–water partition coefficient (Wildman–Crippen LogP) is 2.35. The van der Waals surface area contributed by atoms with E-state index in [0.717, 1.165) is 12.1 Å². The molecule has 0 N–H and O–H groups in total. The molecule has 0 bridgehead atoms. The summed E-state index contributed by atoms with van der Waals surface area (Å²) in [7, 11) is 0. The molecular formula is C15H15F2NO3. The summed E-state index contributed by atoms with van der Waals surface area (Å²) in [6, 6.07) is 2.14. The first kappa shape index (κ1) is 15.3. The lowest BCUT2D eigenvalue weighted by molar-refractivity contribution is -0.117. The largest absolute Gasteiger partial charge is 0.312 e. The monoisotopic (exact) mass is 295 g/mol. The summed E-state index contributed by atoms with van der Waals surface area (Å²) >= 11 is 0. The van der Waals surface area contributed by atoms with Crippen molar-refractivity contribution in [3.05, 3.63) is 29.3 Å². The molecule has 21 heavy (non-hydrogen) atoms. The Kier molecular flexibility index (Phi) is 4.77. The zero-order valence-electron chi connectivity index (χ0n) is 11.4. The molecule has 0 radical (unpaired) electrons. The zero-order chi connectivity index (χ0) is 15.4. The molecule has 1 aromatic carbocycles. The van der Waals surface area contributed by atoms with Crippen molar-refractivity contribution >= 4 is 24.2 Å². The number of amides is 1. The highest BCUT2D eigenvalue weighted by Crippen LogP contribution is 2.30. The Bertz CT molecular complexity index is 551. The van der Waals surface area contributed by atoms with E-state index < -0.39 is 17.6 Å². The summed E-state index contributed by atoms with van der Waals surface area (Å²) < 4.78 is 28.3. The number of hydrogen-bond donors (Lipinski definition) is 0. The zero-order valence-corrected chi connectivity index (χ0v) is 11.4. The molecule has 0 aliphatic carbocycles. The summed E-state index contributed by atoms with van der Waals surface area (Å²) in [4.78, 5) is 34.3. The quantitative estimate of drug-likeness (QED) is 0.757. The van der Waals surface area contributed by atoms with Gasteiger partial charge >= 0.3 is 0 Å².